The number of benzene rings is 2. The normalized spacial score (nSPS) is 26.6. The summed E-state index contributed by atoms with van der Waals surface area (Å²) in [5, 5.41) is 9.62. The summed E-state index contributed by atoms with van der Waals surface area (Å²) in [6.07, 6.45) is -4.55. The first kappa shape index (κ1) is 17.0. The fourth-order valence-electron chi connectivity index (χ4n) is 2.67. The van der Waals surface area contributed by atoms with Crippen LogP contribution < -0.4 is 0 Å². The predicted octanol–water partition coefficient (Wildman–Crippen LogP) is 2.84. The molecule has 4 nitrogen and oxygen atoms in total. The van der Waals surface area contributed by atoms with Crippen molar-refractivity contribution in [2.75, 3.05) is 6.61 Å². The van der Waals surface area contributed by atoms with Crippen molar-refractivity contribution in [1.29, 1.82) is 0 Å². The van der Waals surface area contributed by atoms with Crippen molar-refractivity contribution >= 4 is 0 Å². The van der Waals surface area contributed by atoms with E-state index in [4.69, 9.17) is 14.2 Å². The highest BCUT2D eigenvalue weighted by molar-refractivity contribution is 5.14. The number of hydrogen-bond acceptors (Lipinski definition) is 4. The van der Waals surface area contributed by atoms with Crippen LogP contribution >= 0.6 is 0 Å². The second kappa shape index (κ2) is 8.35. The van der Waals surface area contributed by atoms with Crippen LogP contribution in [0.4, 0.5) is 4.39 Å². The van der Waals surface area contributed by atoms with Gasteiger partial charge in [0.1, 0.15) is 12.2 Å². The van der Waals surface area contributed by atoms with E-state index >= 15 is 0 Å². The van der Waals surface area contributed by atoms with E-state index in [2.05, 4.69) is 0 Å². The summed E-state index contributed by atoms with van der Waals surface area (Å²) in [5.41, 5.74) is 1.96. The smallest absolute Gasteiger partial charge is 0.189 e. The van der Waals surface area contributed by atoms with E-state index in [-0.39, 0.29) is 13.2 Å². The van der Waals surface area contributed by atoms with E-state index < -0.39 is 24.7 Å². The first-order valence-electron chi connectivity index (χ1n) is 7.99. The second-order valence-corrected chi connectivity index (χ2v) is 5.77. The van der Waals surface area contributed by atoms with Crippen LogP contribution in [0.1, 0.15) is 11.1 Å². The molecule has 0 amide bonds. The van der Waals surface area contributed by atoms with Gasteiger partial charge in [0, 0.05) is 0 Å². The maximum atomic E-state index is 14.1. The van der Waals surface area contributed by atoms with Gasteiger partial charge in [-0.25, -0.2) is 4.39 Å². The zero-order chi connectivity index (χ0) is 16.8. The molecule has 1 N–H and O–H groups in total. The molecular formula is C19H21FO4. The summed E-state index contributed by atoms with van der Waals surface area (Å²) < 4.78 is 30.6. The van der Waals surface area contributed by atoms with Crippen molar-refractivity contribution < 1.29 is 23.7 Å². The summed E-state index contributed by atoms with van der Waals surface area (Å²) in [4.78, 5) is 0. The minimum atomic E-state index is -1.58. The summed E-state index contributed by atoms with van der Waals surface area (Å²) in [6.45, 7) is 0.822. The van der Waals surface area contributed by atoms with Crippen molar-refractivity contribution in [1.82, 2.24) is 0 Å². The minimum absolute atomic E-state index is 0.159. The maximum Gasteiger partial charge on any atom is 0.189 e. The SMILES string of the molecule is O[C@@H]1O[C@@H](COCc2ccccc2)[C@H](OCc2ccccc2)[C@H]1F. The molecule has 5 heteroatoms. The van der Waals surface area contributed by atoms with Gasteiger partial charge in [-0.3, -0.25) is 0 Å². The van der Waals surface area contributed by atoms with Gasteiger partial charge < -0.3 is 19.3 Å². The van der Waals surface area contributed by atoms with E-state index in [0.717, 1.165) is 11.1 Å². The van der Waals surface area contributed by atoms with Gasteiger partial charge in [0.25, 0.3) is 0 Å². The molecule has 1 fully saturated rings. The molecule has 0 spiro atoms. The zero-order valence-electron chi connectivity index (χ0n) is 13.3. The number of hydrogen-bond donors (Lipinski definition) is 1. The van der Waals surface area contributed by atoms with Crippen LogP contribution in [-0.4, -0.2) is 36.4 Å². The van der Waals surface area contributed by atoms with E-state index in [1.54, 1.807) is 0 Å². The van der Waals surface area contributed by atoms with Crippen LogP contribution in [0.3, 0.4) is 0 Å². The lowest BCUT2D eigenvalue weighted by Gasteiger charge is -2.20. The Bertz CT molecular complexity index is 607. The fraction of sp³-hybridized carbons (Fsp3) is 0.368. The third-order valence-corrected chi connectivity index (χ3v) is 3.95. The lowest BCUT2D eigenvalue weighted by atomic mass is 10.1. The highest BCUT2D eigenvalue weighted by Gasteiger charge is 2.45. The van der Waals surface area contributed by atoms with Crippen molar-refractivity contribution in [3.63, 3.8) is 0 Å². The lowest BCUT2D eigenvalue weighted by molar-refractivity contribution is -0.129. The first-order valence-corrected chi connectivity index (χ1v) is 7.99. The average Bonchev–Trinajstić information content (AvgIpc) is 2.89. The highest BCUT2D eigenvalue weighted by Crippen LogP contribution is 2.26. The molecule has 3 rings (SSSR count). The predicted molar refractivity (Wildman–Crippen MR) is 86.9 cm³/mol. The summed E-state index contributed by atoms with van der Waals surface area (Å²) in [6, 6.07) is 19.2. The molecule has 2 aromatic carbocycles. The molecule has 0 radical (unpaired) electrons. The molecular weight excluding hydrogens is 311 g/mol. The van der Waals surface area contributed by atoms with Crippen LogP contribution in [0.15, 0.2) is 60.7 Å². The van der Waals surface area contributed by atoms with E-state index in [0.29, 0.717) is 6.61 Å². The van der Waals surface area contributed by atoms with E-state index in [1.807, 2.05) is 60.7 Å². The molecule has 1 aliphatic rings. The first-order chi connectivity index (χ1) is 11.7. The number of ether oxygens (including phenoxy) is 3. The summed E-state index contributed by atoms with van der Waals surface area (Å²) >= 11 is 0. The van der Waals surface area contributed by atoms with Gasteiger partial charge in [0.15, 0.2) is 12.5 Å². The summed E-state index contributed by atoms with van der Waals surface area (Å²) in [5.74, 6) is 0. The molecule has 24 heavy (non-hydrogen) atoms. The van der Waals surface area contributed by atoms with Gasteiger partial charge in [-0.1, -0.05) is 60.7 Å². The van der Waals surface area contributed by atoms with Crippen LogP contribution in [0.5, 0.6) is 0 Å². The highest BCUT2D eigenvalue weighted by atomic mass is 19.1. The Hall–Kier alpha value is -1.79. The Balaban J connectivity index is 1.52. The van der Waals surface area contributed by atoms with Gasteiger partial charge >= 0.3 is 0 Å². The second-order valence-electron chi connectivity index (χ2n) is 5.77. The molecule has 4 atom stereocenters. The largest absolute Gasteiger partial charge is 0.374 e. The van der Waals surface area contributed by atoms with Gasteiger partial charge in [-0.15, -0.1) is 0 Å². The average molecular weight is 332 g/mol. The molecule has 0 saturated carbocycles. The van der Waals surface area contributed by atoms with E-state index in [9.17, 15) is 9.50 Å². The van der Waals surface area contributed by atoms with Crippen molar-refractivity contribution in [2.24, 2.45) is 0 Å². The Morgan fingerprint density at radius 1 is 0.917 bits per heavy atom. The van der Waals surface area contributed by atoms with Crippen molar-refractivity contribution in [3.05, 3.63) is 71.8 Å². The third kappa shape index (κ3) is 4.39. The van der Waals surface area contributed by atoms with Crippen LogP contribution in [0.25, 0.3) is 0 Å². The molecule has 0 bridgehead atoms. The number of rotatable bonds is 7. The van der Waals surface area contributed by atoms with Crippen LogP contribution in [0, 0.1) is 0 Å². The van der Waals surface area contributed by atoms with E-state index in [1.165, 1.54) is 0 Å². The van der Waals surface area contributed by atoms with Crippen LogP contribution in [-0.2, 0) is 27.4 Å². The zero-order valence-corrected chi connectivity index (χ0v) is 13.3. The third-order valence-electron chi connectivity index (χ3n) is 3.95. The molecule has 0 unspecified atom stereocenters. The van der Waals surface area contributed by atoms with Gasteiger partial charge in [-0.05, 0) is 11.1 Å². The molecule has 1 aliphatic heterocycles. The summed E-state index contributed by atoms with van der Waals surface area (Å²) in [7, 11) is 0. The van der Waals surface area contributed by atoms with Gasteiger partial charge in [0.2, 0.25) is 0 Å². The molecule has 128 valence electrons. The minimum Gasteiger partial charge on any atom is -0.374 e. The maximum absolute atomic E-state index is 14.1. The van der Waals surface area contributed by atoms with Crippen LogP contribution in [0.2, 0.25) is 0 Å². The lowest BCUT2D eigenvalue weighted by Crippen LogP contribution is -2.34. The molecule has 1 heterocycles. The topological polar surface area (TPSA) is 47.9 Å². The molecule has 0 aliphatic carbocycles. The Morgan fingerprint density at radius 2 is 1.50 bits per heavy atom. The molecule has 1 saturated heterocycles. The fourth-order valence-corrected chi connectivity index (χ4v) is 2.67. The monoisotopic (exact) mass is 332 g/mol. The quantitative estimate of drug-likeness (QED) is 0.847. The van der Waals surface area contributed by atoms with Gasteiger partial charge in [-0.2, -0.15) is 0 Å². The number of halogens is 1. The van der Waals surface area contributed by atoms with Gasteiger partial charge in [0.05, 0.1) is 19.8 Å². The number of alkyl halides is 1. The standard InChI is InChI=1S/C19H21FO4/c20-17-18(23-12-15-9-5-2-6-10-15)16(24-19(17)21)13-22-11-14-7-3-1-4-8-14/h1-10,16-19,21H,11-13H2/t16-,17+,18-,19+/m0/s1. The van der Waals surface area contributed by atoms with Crippen molar-refractivity contribution in [2.45, 2.75) is 37.9 Å². The Kier molecular flexibility index (Phi) is 5.93. The molecule has 0 aromatic heterocycles. The number of aliphatic hydroxyl groups excluding tert-OH is 1. The molecule has 2 aromatic rings. The number of aliphatic hydroxyl groups is 1. The Morgan fingerprint density at radius 3 is 2.12 bits per heavy atom. The Labute approximate surface area is 140 Å². The van der Waals surface area contributed by atoms with Crippen molar-refractivity contribution in [3.8, 4) is 0 Å².